The van der Waals surface area contributed by atoms with Crippen LogP contribution < -0.4 is 0 Å². The number of Topliss-reactive ketones (excluding diaryl/α,β-unsaturated/α-hetero) is 1. The van der Waals surface area contributed by atoms with Crippen LogP contribution in [0.4, 0.5) is 0 Å². The molecule has 0 spiro atoms. The monoisotopic (exact) mass is 491 g/mol. The Kier molecular flexibility index (Phi) is 5.41. The summed E-state index contributed by atoms with van der Waals surface area (Å²) in [6.45, 7) is 1.99. The van der Waals surface area contributed by atoms with Crippen molar-refractivity contribution in [1.82, 2.24) is 14.9 Å². The van der Waals surface area contributed by atoms with E-state index in [4.69, 9.17) is 4.74 Å². The number of aromatic nitrogens is 2. The summed E-state index contributed by atoms with van der Waals surface area (Å²) in [4.78, 5) is 48.9. The van der Waals surface area contributed by atoms with Gasteiger partial charge in [-0.1, -0.05) is 66.2 Å². The molecule has 184 valence electrons. The summed E-state index contributed by atoms with van der Waals surface area (Å²) in [5.41, 5.74) is 5.54. The maximum absolute atomic E-state index is 14.1. The van der Waals surface area contributed by atoms with E-state index in [2.05, 4.69) is 9.97 Å². The molecular formula is C30H25N3O4. The number of benzene rings is 3. The van der Waals surface area contributed by atoms with Gasteiger partial charge in [-0.15, -0.1) is 0 Å². The minimum absolute atomic E-state index is 0.237. The van der Waals surface area contributed by atoms with Crippen LogP contribution in [0.2, 0.25) is 0 Å². The fraction of sp³-hybridized carbons (Fsp3) is 0.167. The van der Waals surface area contributed by atoms with E-state index in [1.807, 2.05) is 73.7 Å². The highest BCUT2D eigenvalue weighted by Gasteiger charge is 2.46. The first kappa shape index (κ1) is 22.8. The van der Waals surface area contributed by atoms with Crippen molar-refractivity contribution in [2.75, 3.05) is 7.11 Å². The standard InChI is InChI=1S/C30H25N3O4/c1-17-11-13-18(14-12-17)27-26-21(19-7-4-6-10-24(19)32-26)15-25(30(36)37-2)33(27)29(35)28(34)22-16-31-23-9-5-3-8-20(22)23/h3-14,16,25,27,31-32H,15H2,1-2H3/t25-,27+/m0/s1. The Morgan fingerprint density at radius 2 is 1.57 bits per heavy atom. The summed E-state index contributed by atoms with van der Waals surface area (Å²) in [7, 11) is 1.30. The van der Waals surface area contributed by atoms with Crippen molar-refractivity contribution in [3.05, 3.63) is 107 Å². The van der Waals surface area contributed by atoms with Gasteiger partial charge in [0.1, 0.15) is 6.04 Å². The van der Waals surface area contributed by atoms with Gasteiger partial charge in [-0.2, -0.15) is 0 Å². The zero-order chi connectivity index (χ0) is 25.7. The third kappa shape index (κ3) is 3.62. The normalized spacial score (nSPS) is 17.1. The van der Waals surface area contributed by atoms with Gasteiger partial charge in [0.15, 0.2) is 0 Å². The number of ketones is 1. The van der Waals surface area contributed by atoms with Crippen LogP contribution in [0, 0.1) is 6.92 Å². The zero-order valence-electron chi connectivity index (χ0n) is 20.4. The molecule has 2 N–H and O–H groups in total. The molecule has 7 nitrogen and oxygen atoms in total. The van der Waals surface area contributed by atoms with E-state index in [0.29, 0.717) is 5.39 Å². The predicted octanol–water partition coefficient (Wildman–Crippen LogP) is 4.86. The van der Waals surface area contributed by atoms with Gasteiger partial charge in [0, 0.05) is 40.1 Å². The highest BCUT2D eigenvalue weighted by Crippen LogP contribution is 2.41. The van der Waals surface area contributed by atoms with E-state index in [1.54, 1.807) is 12.3 Å². The van der Waals surface area contributed by atoms with Crippen LogP contribution in [0.5, 0.6) is 0 Å². The van der Waals surface area contributed by atoms with Crippen molar-refractivity contribution < 1.29 is 19.1 Å². The summed E-state index contributed by atoms with van der Waals surface area (Å²) in [5.74, 6) is -1.99. The molecule has 5 aromatic rings. The van der Waals surface area contributed by atoms with E-state index >= 15 is 0 Å². The molecule has 6 rings (SSSR count). The number of hydrogen-bond acceptors (Lipinski definition) is 4. The Bertz CT molecular complexity index is 1680. The lowest BCUT2D eigenvalue weighted by Crippen LogP contribution is -2.53. The molecule has 2 atom stereocenters. The molecule has 3 heterocycles. The minimum atomic E-state index is -0.968. The van der Waals surface area contributed by atoms with E-state index in [1.165, 1.54) is 12.0 Å². The molecule has 0 bridgehead atoms. The lowest BCUT2D eigenvalue weighted by atomic mass is 9.87. The molecule has 3 aromatic carbocycles. The quantitative estimate of drug-likeness (QED) is 0.213. The van der Waals surface area contributed by atoms with Crippen molar-refractivity contribution >= 4 is 39.5 Å². The zero-order valence-corrected chi connectivity index (χ0v) is 20.4. The Morgan fingerprint density at radius 3 is 2.30 bits per heavy atom. The van der Waals surface area contributed by atoms with Crippen molar-refractivity contribution in [1.29, 1.82) is 0 Å². The highest BCUT2D eigenvalue weighted by molar-refractivity contribution is 6.45. The minimum Gasteiger partial charge on any atom is -0.467 e. The second kappa shape index (κ2) is 8.78. The largest absolute Gasteiger partial charge is 0.467 e. The first-order valence-corrected chi connectivity index (χ1v) is 12.1. The average Bonchev–Trinajstić information content (AvgIpc) is 3.53. The third-order valence-corrected chi connectivity index (χ3v) is 7.26. The molecule has 0 saturated heterocycles. The fourth-order valence-corrected chi connectivity index (χ4v) is 5.44. The summed E-state index contributed by atoms with van der Waals surface area (Å²) in [5, 5.41) is 1.64. The molecule has 2 aromatic heterocycles. The van der Waals surface area contributed by atoms with E-state index < -0.39 is 29.7 Å². The molecule has 1 aliphatic heterocycles. The number of aromatic amines is 2. The topological polar surface area (TPSA) is 95.3 Å². The van der Waals surface area contributed by atoms with Gasteiger partial charge in [0.25, 0.3) is 11.7 Å². The van der Waals surface area contributed by atoms with Crippen molar-refractivity contribution in [3.8, 4) is 0 Å². The summed E-state index contributed by atoms with van der Waals surface area (Å²) in [6, 6.07) is 21.3. The highest BCUT2D eigenvalue weighted by atomic mass is 16.5. The van der Waals surface area contributed by atoms with Crippen molar-refractivity contribution in [3.63, 3.8) is 0 Å². The molecule has 1 amide bonds. The van der Waals surface area contributed by atoms with Gasteiger partial charge in [0.2, 0.25) is 0 Å². The van der Waals surface area contributed by atoms with Gasteiger partial charge >= 0.3 is 5.97 Å². The van der Waals surface area contributed by atoms with E-state index in [-0.39, 0.29) is 12.0 Å². The number of hydrogen-bond donors (Lipinski definition) is 2. The summed E-state index contributed by atoms with van der Waals surface area (Å²) < 4.78 is 5.16. The predicted molar refractivity (Wildman–Crippen MR) is 140 cm³/mol. The van der Waals surface area contributed by atoms with Crippen LogP contribution in [-0.4, -0.2) is 45.7 Å². The van der Waals surface area contributed by atoms with Crippen molar-refractivity contribution in [2.45, 2.75) is 25.4 Å². The molecule has 0 aliphatic carbocycles. The molecule has 1 aliphatic rings. The Labute approximate surface area is 213 Å². The third-order valence-electron chi connectivity index (χ3n) is 7.26. The van der Waals surface area contributed by atoms with Gasteiger partial charge in [0.05, 0.1) is 18.7 Å². The summed E-state index contributed by atoms with van der Waals surface area (Å²) >= 11 is 0. The number of fused-ring (bicyclic) bond motifs is 4. The number of ether oxygens (including phenoxy) is 1. The Hall–Kier alpha value is -4.65. The second-order valence-electron chi connectivity index (χ2n) is 9.41. The van der Waals surface area contributed by atoms with Crippen LogP contribution in [0.15, 0.2) is 79.0 Å². The van der Waals surface area contributed by atoms with Gasteiger partial charge in [-0.25, -0.2) is 4.79 Å². The number of aryl methyl sites for hydroxylation is 1. The van der Waals surface area contributed by atoms with Gasteiger partial charge < -0.3 is 19.6 Å². The first-order valence-electron chi connectivity index (χ1n) is 12.1. The second-order valence-corrected chi connectivity index (χ2v) is 9.41. The maximum Gasteiger partial charge on any atom is 0.328 e. The van der Waals surface area contributed by atoms with Crippen molar-refractivity contribution in [2.24, 2.45) is 0 Å². The number of esters is 1. The summed E-state index contributed by atoms with van der Waals surface area (Å²) in [6.07, 6.45) is 1.79. The lowest BCUT2D eigenvalue weighted by molar-refractivity contribution is -0.153. The number of carbonyl (C=O) groups excluding carboxylic acids is 3. The Morgan fingerprint density at radius 1 is 0.892 bits per heavy atom. The number of rotatable bonds is 4. The number of para-hydroxylation sites is 2. The molecule has 0 unspecified atom stereocenters. The van der Waals surface area contributed by atoms with Crippen LogP contribution in [0.25, 0.3) is 21.8 Å². The molecular weight excluding hydrogens is 466 g/mol. The van der Waals surface area contributed by atoms with Crippen LogP contribution >= 0.6 is 0 Å². The number of nitrogens with one attached hydrogen (secondary N) is 2. The average molecular weight is 492 g/mol. The van der Waals surface area contributed by atoms with Crippen LogP contribution in [0.1, 0.15) is 38.8 Å². The van der Waals surface area contributed by atoms with Crippen LogP contribution in [0.3, 0.4) is 0 Å². The van der Waals surface area contributed by atoms with Crippen LogP contribution in [-0.2, 0) is 20.7 Å². The first-order chi connectivity index (χ1) is 18.0. The number of carbonyl (C=O) groups is 3. The number of H-pyrrole nitrogens is 2. The smallest absolute Gasteiger partial charge is 0.328 e. The van der Waals surface area contributed by atoms with E-state index in [9.17, 15) is 14.4 Å². The maximum atomic E-state index is 14.1. The molecule has 0 saturated carbocycles. The Balaban J connectivity index is 1.55. The van der Waals surface area contributed by atoms with E-state index in [0.717, 1.165) is 38.8 Å². The number of nitrogens with zero attached hydrogens (tertiary/aromatic N) is 1. The fourth-order valence-electron chi connectivity index (χ4n) is 5.44. The molecule has 7 heteroatoms. The molecule has 37 heavy (non-hydrogen) atoms. The number of amides is 1. The van der Waals surface area contributed by atoms with Gasteiger partial charge in [-0.05, 0) is 30.2 Å². The van der Waals surface area contributed by atoms with Gasteiger partial charge in [-0.3, -0.25) is 9.59 Å². The number of methoxy groups -OCH3 is 1. The SMILES string of the molecule is COC(=O)[C@@H]1Cc2c([nH]c3ccccc23)[C@@H](c2ccc(C)cc2)N1C(=O)C(=O)c1c[nH]c2ccccc12. The molecule has 0 radical (unpaired) electrons. The molecule has 0 fully saturated rings. The lowest BCUT2D eigenvalue weighted by Gasteiger charge is -2.40.